The third kappa shape index (κ3) is 2.42. The predicted molar refractivity (Wildman–Crippen MR) is 55.2 cm³/mol. The zero-order valence-corrected chi connectivity index (χ0v) is 8.30. The van der Waals surface area contributed by atoms with E-state index < -0.39 is 0 Å². The van der Waals surface area contributed by atoms with Crippen LogP contribution in [0.25, 0.3) is 0 Å². The SMILES string of the molecule is C=CC(=O)c1ncccc1SCC. The van der Waals surface area contributed by atoms with E-state index in [1.165, 1.54) is 6.08 Å². The van der Waals surface area contributed by atoms with Crippen molar-refractivity contribution in [2.24, 2.45) is 0 Å². The molecule has 0 saturated heterocycles. The molecule has 0 bridgehead atoms. The van der Waals surface area contributed by atoms with Crippen molar-refractivity contribution in [3.8, 4) is 0 Å². The van der Waals surface area contributed by atoms with Gasteiger partial charge in [-0.15, -0.1) is 11.8 Å². The lowest BCUT2D eigenvalue weighted by atomic mass is 10.2. The molecule has 68 valence electrons. The second-order valence-corrected chi connectivity index (χ2v) is 3.66. The maximum atomic E-state index is 11.3. The smallest absolute Gasteiger partial charge is 0.204 e. The molecule has 1 aromatic heterocycles. The van der Waals surface area contributed by atoms with Gasteiger partial charge in [-0.05, 0) is 24.0 Å². The molecule has 0 aliphatic heterocycles. The van der Waals surface area contributed by atoms with Gasteiger partial charge in [-0.3, -0.25) is 9.78 Å². The Hall–Kier alpha value is -1.09. The molecule has 1 aromatic rings. The number of thioether (sulfide) groups is 1. The van der Waals surface area contributed by atoms with Crippen molar-refractivity contribution in [1.29, 1.82) is 0 Å². The van der Waals surface area contributed by atoms with Crippen LogP contribution < -0.4 is 0 Å². The first-order valence-electron chi connectivity index (χ1n) is 4.04. The molecule has 1 heterocycles. The third-order valence-corrected chi connectivity index (χ3v) is 2.42. The van der Waals surface area contributed by atoms with Crippen LogP contribution in [0.5, 0.6) is 0 Å². The Balaban J connectivity index is 3.03. The summed E-state index contributed by atoms with van der Waals surface area (Å²) in [5.74, 6) is 0.819. The quantitative estimate of drug-likeness (QED) is 0.418. The van der Waals surface area contributed by atoms with Crippen LogP contribution in [-0.2, 0) is 0 Å². The summed E-state index contributed by atoms with van der Waals surface area (Å²) in [4.78, 5) is 16.3. The van der Waals surface area contributed by atoms with Gasteiger partial charge >= 0.3 is 0 Å². The highest BCUT2D eigenvalue weighted by Crippen LogP contribution is 2.20. The molecule has 0 unspecified atom stereocenters. The van der Waals surface area contributed by atoms with E-state index >= 15 is 0 Å². The Kier molecular flexibility index (Phi) is 3.71. The molecule has 2 nitrogen and oxygen atoms in total. The zero-order chi connectivity index (χ0) is 9.68. The first-order chi connectivity index (χ1) is 6.29. The molecule has 0 spiro atoms. The van der Waals surface area contributed by atoms with E-state index in [2.05, 4.69) is 11.6 Å². The number of hydrogen-bond donors (Lipinski definition) is 0. The molecule has 13 heavy (non-hydrogen) atoms. The highest BCUT2D eigenvalue weighted by molar-refractivity contribution is 7.99. The Morgan fingerprint density at radius 3 is 3.15 bits per heavy atom. The van der Waals surface area contributed by atoms with Gasteiger partial charge in [0.1, 0.15) is 5.69 Å². The number of aromatic nitrogens is 1. The highest BCUT2D eigenvalue weighted by Gasteiger charge is 2.08. The van der Waals surface area contributed by atoms with Crippen molar-refractivity contribution in [3.05, 3.63) is 36.7 Å². The third-order valence-electron chi connectivity index (χ3n) is 1.49. The van der Waals surface area contributed by atoms with E-state index in [1.807, 2.05) is 19.1 Å². The summed E-state index contributed by atoms with van der Waals surface area (Å²) in [7, 11) is 0. The molecule has 0 N–H and O–H groups in total. The molecule has 0 saturated carbocycles. The van der Waals surface area contributed by atoms with Gasteiger partial charge in [0, 0.05) is 11.1 Å². The number of rotatable bonds is 4. The van der Waals surface area contributed by atoms with Gasteiger partial charge in [0.15, 0.2) is 0 Å². The van der Waals surface area contributed by atoms with E-state index in [0.29, 0.717) is 5.69 Å². The summed E-state index contributed by atoms with van der Waals surface area (Å²) >= 11 is 1.61. The van der Waals surface area contributed by atoms with Crippen molar-refractivity contribution >= 4 is 17.5 Å². The molecule has 0 amide bonds. The van der Waals surface area contributed by atoms with E-state index in [-0.39, 0.29) is 5.78 Å². The maximum Gasteiger partial charge on any atom is 0.204 e. The molecule has 1 rings (SSSR count). The second-order valence-electron chi connectivity index (χ2n) is 2.35. The summed E-state index contributed by atoms with van der Waals surface area (Å²) in [6.45, 7) is 5.48. The molecule has 0 atom stereocenters. The maximum absolute atomic E-state index is 11.3. The minimum atomic E-state index is -0.114. The Morgan fingerprint density at radius 2 is 2.54 bits per heavy atom. The fourth-order valence-electron chi connectivity index (χ4n) is 0.944. The van der Waals surface area contributed by atoms with Crippen molar-refractivity contribution in [1.82, 2.24) is 4.98 Å². The number of carbonyl (C=O) groups is 1. The molecule has 3 heteroatoms. The number of pyridine rings is 1. The van der Waals surface area contributed by atoms with Crippen molar-refractivity contribution in [2.45, 2.75) is 11.8 Å². The topological polar surface area (TPSA) is 30.0 Å². The van der Waals surface area contributed by atoms with E-state index in [9.17, 15) is 4.79 Å². The Morgan fingerprint density at radius 1 is 1.77 bits per heavy atom. The zero-order valence-electron chi connectivity index (χ0n) is 7.49. The number of hydrogen-bond acceptors (Lipinski definition) is 3. The summed E-state index contributed by atoms with van der Waals surface area (Å²) < 4.78 is 0. The van der Waals surface area contributed by atoms with Gasteiger partial charge in [0.2, 0.25) is 5.78 Å². The minimum absolute atomic E-state index is 0.114. The fraction of sp³-hybridized carbons (Fsp3) is 0.200. The van der Waals surface area contributed by atoms with Crippen LogP contribution in [-0.4, -0.2) is 16.5 Å². The van der Waals surface area contributed by atoms with Crippen LogP contribution in [0.3, 0.4) is 0 Å². The molecule has 0 radical (unpaired) electrons. The van der Waals surface area contributed by atoms with Crippen LogP contribution in [0.4, 0.5) is 0 Å². The average molecular weight is 193 g/mol. The van der Waals surface area contributed by atoms with Gasteiger partial charge in [0.25, 0.3) is 0 Å². The molecule has 0 aliphatic carbocycles. The van der Waals surface area contributed by atoms with E-state index in [1.54, 1.807) is 18.0 Å². The van der Waals surface area contributed by atoms with Crippen molar-refractivity contribution in [2.75, 3.05) is 5.75 Å². The van der Waals surface area contributed by atoms with Gasteiger partial charge < -0.3 is 0 Å². The minimum Gasteiger partial charge on any atom is -0.288 e. The Bertz CT molecular complexity index is 322. The fourth-order valence-corrected chi connectivity index (χ4v) is 1.72. The standard InChI is InChI=1S/C10H11NOS/c1-3-8(12)10-9(13-4-2)6-5-7-11-10/h3,5-7H,1,4H2,2H3. The van der Waals surface area contributed by atoms with Gasteiger partial charge in [-0.2, -0.15) is 0 Å². The molecule has 0 aliphatic rings. The molecule has 0 fully saturated rings. The summed E-state index contributed by atoms with van der Waals surface area (Å²) in [6, 6.07) is 3.73. The van der Waals surface area contributed by atoms with Crippen LogP contribution in [0.15, 0.2) is 35.9 Å². The van der Waals surface area contributed by atoms with Crippen LogP contribution in [0, 0.1) is 0 Å². The monoisotopic (exact) mass is 193 g/mol. The van der Waals surface area contributed by atoms with E-state index in [0.717, 1.165) is 10.6 Å². The summed E-state index contributed by atoms with van der Waals surface area (Å²) in [6.07, 6.45) is 2.92. The van der Waals surface area contributed by atoms with Crippen LogP contribution in [0.1, 0.15) is 17.4 Å². The van der Waals surface area contributed by atoms with E-state index in [4.69, 9.17) is 0 Å². The summed E-state index contributed by atoms with van der Waals surface area (Å²) in [5.41, 5.74) is 0.504. The van der Waals surface area contributed by atoms with Crippen LogP contribution in [0.2, 0.25) is 0 Å². The lowest BCUT2D eigenvalue weighted by molar-refractivity contribution is 0.104. The average Bonchev–Trinajstić information content (AvgIpc) is 2.18. The van der Waals surface area contributed by atoms with Crippen molar-refractivity contribution in [3.63, 3.8) is 0 Å². The van der Waals surface area contributed by atoms with Gasteiger partial charge in [0.05, 0.1) is 0 Å². The van der Waals surface area contributed by atoms with Crippen LogP contribution >= 0.6 is 11.8 Å². The first-order valence-corrected chi connectivity index (χ1v) is 5.02. The van der Waals surface area contributed by atoms with Gasteiger partial charge in [-0.25, -0.2) is 0 Å². The number of nitrogens with zero attached hydrogens (tertiary/aromatic N) is 1. The lowest BCUT2D eigenvalue weighted by Crippen LogP contribution is -1.99. The first kappa shape index (κ1) is 9.99. The van der Waals surface area contributed by atoms with Crippen molar-refractivity contribution < 1.29 is 4.79 Å². The van der Waals surface area contributed by atoms with Gasteiger partial charge in [-0.1, -0.05) is 13.5 Å². The molecular weight excluding hydrogens is 182 g/mol. The predicted octanol–water partition coefficient (Wildman–Crippen LogP) is 2.56. The normalized spacial score (nSPS) is 9.62. The lowest BCUT2D eigenvalue weighted by Gasteiger charge is -2.02. The molecule has 0 aromatic carbocycles. The Labute approximate surface area is 82.1 Å². The molecular formula is C10H11NOS. The number of ketones is 1. The number of allylic oxidation sites excluding steroid dienone is 1. The second kappa shape index (κ2) is 4.82. The highest BCUT2D eigenvalue weighted by atomic mass is 32.2. The number of carbonyl (C=O) groups excluding carboxylic acids is 1. The largest absolute Gasteiger partial charge is 0.288 e. The summed E-state index contributed by atoms with van der Waals surface area (Å²) in [5, 5.41) is 0.